The summed E-state index contributed by atoms with van der Waals surface area (Å²) in [6.45, 7) is 4.37. The first-order valence-corrected chi connectivity index (χ1v) is 8.12. The van der Waals surface area contributed by atoms with Crippen molar-refractivity contribution in [3.05, 3.63) is 59.9 Å². The highest BCUT2D eigenvalue weighted by molar-refractivity contribution is 5.91. The van der Waals surface area contributed by atoms with Crippen LogP contribution in [-0.4, -0.2) is 28.2 Å². The first-order valence-electron chi connectivity index (χ1n) is 8.12. The van der Waals surface area contributed by atoms with Crippen LogP contribution < -0.4 is 5.32 Å². The molecule has 1 N–H and O–H groups in total. The highest BCUT2D eigenvalue weighted by Gasteiger charge is 2.12. The van der Waals surface area contributed by atoms with Crippen LogP contribution in [0.5, 0.6) is 0 Å². The highest BCUT2D eigenvalue weighted by atomic mass is 16.2. The van der Waals surface area contributed by atoms with Crippen LogP contribution in [0.2, 0.25) is 0 Å². The molecule has 24 heavy (non-hydrogen) atoms. The third-order valence-corrected chi connectivity index (χ3v) is 3.78. The number of aromatic nitrogens is 1. The molecule has 2 aromatic rings. The van der Waals surface area contributed by atoms with Crippen LogP contribution in [-0.2, 0) is 22.6 Å². The third-order valence-electron chi connectivity index (χ3n) is 3.78. The largest absolute Gasteiger partial charge is 0.337 e. The second kappa shape index (κ2) is 8.82. The quantitative estimate of drug-likeness (QED) is 0.851. The summed E-state index contributed by atoms with van der Waals surface area (Å²) in [5, 5.41) is 2.86. The number of carbonyl (C=O) groups excluding carboxylic acids is 2. The third kappa shape index (κ3) is 5.50. The van der Waals surface area contributed by atoms with Crippen molar-refractivity contribution in [2.45, 2.75) is 33.2 Å². The van der Waals surface area contributed by atoms with E-state index < -0.39 is 0 Å². The van der Waals surface area contributed by atoms with Crippen molar-refractivity contribution >= 4 is 17.5 Å². The van der Waals surface area contributed by atoms with E-state index in [9.17, 15) is 9.59 Å². The Kier molecular flexibility index (Phi) is 6.49. The number of nitrogens with zero attached hydrogens (tertiary/aromatic N) is 2. The van der Waals surface area contributed by atoms with Gasteiger partial charge < -0.3 is 10.2 Å². The fourth-order valence-corrected chi connectivity index (χ4v) is 2.32. The van der Waals surface area contributed by atoms with Crippen LogP contribution >= 0.6 is 0 Å². The van der Waals surface area contributed by atoms with E-state index >= 15 is 0 Å². The Hall–Kier alpha value is -2.69. The Labute approximate surface area is 142 Å². The summed E-state index contributed by atoms with van der Waals surface area (Å²) >= 11 is 0. The Bertz CT molecular complexity index is 669. The van der Waals surface area contributed by atoms with Gasteiger partial charge in [-0.25, -0.2) is 0 Å². The lowest BCUT2D eigenvalue weighted by molar-refractivity contribution is -0.130. The summed E-state index contributed by atoms with van der Waals surface area (Å²) in [5.41, 5.74) is 2.81. The average Bonchev–Trinajstić information content (AvgIpc) is 2.60. The highest BCUT2D eigenvalue weighted by Crippen LogP contribution is 2.10. The predicted octanol–water partition coefficient (Wildman–Crippen LogP) is 3.02. The zero-order valence-electron chi connectivity index (χ0n) is 14.2. The number of aryl methyl sites for hydroxylation is 1. The van der Waals surface area contributed by atoms with E-state index in [4.69, 9.17) is 0 Å². The standard InChI is InChI=1S/C19H23N3O2/c1-3-16-7-9-17(10-8-16)21-19(24)11-13-22(15(2)23)14-18-6-4-5-12-20-18/h4-10,12H,3,11,13-14H2,1-2H3,(H,21,24). The number of carbonyl (C=O) groups is 2. The van der Waals surface area contributed by atoms with Crippen LogP contribution in [0.4, 0.5) is 5.69 Å². The molecule has 0 radical (unpaired) electrons. The van der Waals surface area contributed by atoms with Gasteiger partial charge in [0.1, 0.15) is 0 Å². The summed E-state index contributed by atoms with van der Waals surface area (Å²) in [7, 11) is 0. The molecule has 0 aliphatic carbocycles. The van der Waals surface area contributed by atoms with Crippen molar-refractivity contribution < 1.29 is 9.59 Å². The molecule has 0 aliphatic heterocycles. The summed E-state index contributed by atoms with van der Waals surface area (Å²) in [6.07, 6.45) is 2.91. The summed E-state index contributed by atoms with van der Waals surface area (Å²) in [4.78, 5) is 29.7. The van der Waals surface area contributed by atoms with Gasteiger partial charge >= 0.3 is 0 Å². The number of benzene rings is 1. The number of hydrogen-bond donors (Lipinski definition) is 1. The SMILES string of the molecule is CCc1ccc(NC(=O)CCN(Cc2ccccn2)C(C)=O)cc1. The fourth-order valence-electron chi connectivity index (χ4n) is 2.32. The molecule has 2 amide bonds. The van der Waals surface area contributed by atoms with E-state index in [1.165, 1.54) is 12.5 Å². The zero-order chi connectivity index (χ0) is 17.4. The number of amides is 2. The minimum absolute atomic E-state index is 0.0687. The molecule has 5 nitrogen and oxygen atoms in total. The average molecular weight is 325 g/mol. The number of hydrogen-bond acceptors (Lipinski definition) is 3. The molecule has 0 saturated heterocycles. The lowest BCUT2D eigenvalue weighted by Crippen LogP contribution is -2.31. The van der Waals surface area contributed by atoms with Crippen molar-refractivity contribution in [3.8, 4) is 0 Å². The number of nitrogens with one attached hydrogen (secondary N) is 1. The molecular weight excluding hydrogens is 302 g/mol. The van der Waals surface area contributed by atoms with Crippen molar-refractivity contribution in [1.82, 2.24) is 9.88 Å². The van der Waals surface area contributed by atoms with Crippen LogP contribution in [0.1, 0.15) is 31.5 Å². The van der Waals surface area contributed by atoms with Gasteiger partial charge in [-0.15, -0.1) is 0 Å². The van der Waals surface area contributed by atoms with Gasteiger partial charge in [-0.3, -0.25) is 14.6 Å². The van der Waals surface area contributed by atoms with Gasteiger partial charge in [0.05, 0.1) is 12.2 Å². The van der Waals surface area contributed by atoms with Gasteiger partial charge in [0.2, 0.25) is 11.8 Å². The molecule has 0 unspecified atom stereocenters. The molecule has 5 heteroatoms. The normalized spacial score (nSPS) is 10.2. The number of pyridine rings is 1. The maximum absolute atomic E-state index is 12.1. The van der Waals surface area contributed by atoms with Crippen LogP contribution in [0, 0.1) is 0 Å². The Morgan fingerprint density at radius 1 is 1.12 bits per heavy atom. The molecule has 2 rings (SSSR count). The van der Waals surface area contributed by atoms with Crippen LogP contribution in [0.15, 0.2) is 48.7 Å². The van der Waals surface area contributed by atoms with Crippen molar-refractivity contribution in [3.63, 3.8) is 0 Å². The first-order chi connectivity index (χ1) is 11.6. The van der Waals surface area contributed by atoms with Crippen LogP contribution in [0.3, 0.4) is 0 Å². The molecule has 0 saturated carbocycles. The van der Waals surface area contributed by atoms with Crippen LogP contribution in [0.25, 0.3) is 0 Å². The second-order valence-electron chi connectivity index (χ2n) is 5.61. The van der Waals surface area contributed by atoms with Gasteiger partial charge in [-0.05, 0) is 36.2 Å². The molecule has 1 heterocycles. The van der Waals surface area contributed by atoms with E-state index in [1.807, 2.05) is 42.5 Å². The second-order valence-corrected chi connectivity index (χ2v) is 5.61. The predicted molar refractivity (Wildman–Crippen MR) is 94.4 cm³/mol. The molecule has 0 atom stereocenters. The number of rotatable bonds is 7. The van der Waals surface area contributed by atoms with E-state index in [2.05, 4.69) is 17.2 Å². The minimum atomic E-state index is -0.105. The van der Waals surface area contributed by atoms with E-state index in [1.54, 1.807) is 11.1 Å². The molecule has 0 bridgehead atoms. The molecule has 0 aliphatic rings. The first kappa shape index (κ1) is 17.7. The molecule has 0 fully saturated rings. The van der Waals surface area contributed by atoms with Gasteiger partial charge in [-0.2, -0.15) is 0 Å². The summed E-state index contributed by atoms with van der Waals surface area (Å²) < 4.78 is 0. The molecule has 1 aromatic heterocycles. The summed E-state index contributed by atoms with van der Waals surface area (Å²) in [6, 6.07) is 13.4. The maximum Gasteiger partial charge on any atom is 0.226 e. The smallest absolute Gasteiger partial charge is 0.226 e. The fraction of sp³-hybridized carbons (Fsp3) is 0.316. The Balaban J connectivity index is 1.86. The van der Waals surface area contributed by atoms with E-state index in [0.717, 1.165) is 17.8 Å². The lowest BCUT2D eigenvalue weighted by atomic mass is 10.1. The van der Waals surface area contributed by atoms with Gasteiger partial charge in [0.15, 0.2) is 0 Å². The summed E-state index contributed by atoms with van der Waals surface area (Å²) in [5.74, 6) is -0.174. The number of anilines is 1. The van der Waals surface area contributed by atoms with Gasteiger partial charge in [-0.1, -0.05) is 25.1 Å². The van der Waals surface area contributed by atoms with Crippen molar-refractivity contribution in [2.24, 2.45) is 0 Å². The lowest BCUT2D eigenvalue weighted by Gasteiger charge is -2.20. The molecule has 126 valence electrons. The zero-order valence-corrected chi connectivity index (χ0v) is 14.2. The minimum Gasteiger partial charge on any atom is -0.337 e. The van der Waals surface area contributed by atoms with E-state index in [0.29, 0.717) is 13.1 Å². The van der Waals surface area contributed by atoms with Gasteiger partial charge in [0, 0.05) is 31.8 Å². The Morgan fingerprint density at radius 3 is 2.46 bits per heavy atom. The Morgan fingerprint density at radius 2 is 1.88 bits per heavy atom. The maximum atomic E-state index is 12.1. The monoisotopic (exact) mass is 325 g/mol. The van der Waals surface area contributed by atoms with Gasteiger partial charge in [0.25, 0.3) is 0 Å². The van der Waals surface area contributed by atoms with Crippen molar-refractivity contribution in [1.29, 1.82) is 0 Å². The van der Waals surface area contributed by atoms with Crippen molar-refractivity contribution in [2.75, 3.05) is 11.9 Å². The molecular formula is C19H23N3O2. The topological polar surface area (TPSA) is 62.3 Å². The van der Waals surface area contributed by atoms with E-state index in [-0.39, 0.29) is 18.2 Å². The molecule has 0 spiro atoms. The molecule has 1 aromatic carbocycles.